The molecule has 0 atom stereocenters. The van der Waals surface area contributed by atoms with E-state index in [0.717, 1.165) is 19.1 Å². The van der Waals surface area contributed by atoms with Crippen LogP contribution < -0.4 is 9.47 Å². The van der Waals surface area contributed by atoms with E-state index in [1.54, 1.807) is 6.07 Å². The SMILES string of the molecule is COC(=O)Oc1ccc(C=C(C#N)C(=O)OCCc2cccs2)cc1OC(=O)OC. The molecule has 9 nitrogen and oxygen atoms in total. The van der Waals surface area contributed by atoms with Crippen LogP contribution in [0.3, 0.4) is 0 Å². The van der Waals surface area contributed by atoms with E-state index in [9.17, 15) is 19.6 Å². The molecule has 0 bridgehead atoms. The quantitative estimate of drug-likeness (QED) is 0.212. The molecule has 0 saturated carbocycles. The van der Waals surface area contributed by atoms with Crippen molar-refractivity contribution >= 4 is 35.7 Å². The number of esters is 1. The van der Waals surface area contributed by atoms with Gasteiger partial charge in [0.25, 0.3) is 0 Å². The van der Waals surface area contributed by atoms with Crippen LogP contribution in [0.15, 0.2) is 41.3 Å². The highest BCUT2D eigenvalue weighted by Crippen LogP contribution is 2.30. The van der Waals surface area contributed by atoms with Gasteiger partial charge < -0.3 is 23.7 Å². The summed E-state index contributed by atoms with van der Waals surface area (Å²) >= 11 is 1.54. The second kappa shape index (κ2) is 11.2. The predicted octanol–water partition coefficient (Wildman–Crippen LogP) is 3.73. The van der Waals surface area contributed by atoms with E-state index in [2.05, 4.69) is 9.47 Å². The van der Waals surface area contributed by atoms with E-state index in [1.165, 1.54) is 35.6 Å². The van der Waals surface area contributed by atoms with Crippen molar-refractivity contribution in [2.75, 3.05) is 20.8 Å². The van der Waals surface area contributed by atoms with Gasteiger partial charge in [0.2, 0.25) is 0 Å². The van der Waals surface area contributed by atoms with Gasteiger partial charge >= 0.3 is 18.3 Å². The molecular formula is C20H17NO8S. The summed E-state index contributed by atoms with van der Waals surface area (Å²) in [5, 5.41) is 11.2. The number of ether oxygens (including phenoxy) is 5. The third-order valence-electron chi connectivity index (χ3n) is 3.50. The molecule has 0 radical (unpaired) electrons. The molecule has 0 saturated heterocycles. The third kappa shape index (κ3) is 6.65. The number of thiophene rings is 1. The molecule has 10 heteroatoms. The fraction of sp³-hybridized carbons (Fsp3) is 0.200. The Hall–Kier alpha value is -3.84. The van der Waals surface area contributed by atoms with Crippen LogP contribution in [0, 0.1) is 11.3 Å². The highest BCUT2D eigenvalue weighted by Gasteiger charge is 2.16. The Labute approximate surface area is 176 Å². The number of carbonyl (C=O) groups excluding carboxylic acids is 3. The Balaban J connectivity index is 2.17. The minimum Gasteiger partial charge on any atom is -0.461 e. The van der Waals surface area contributed by atoms with Gasteiger partial charge in [-0.15, -0.1) is 11.3 Å². The summed E-state index contributed by atoms with van der Waals surface area (Å²) in [7, 11) is 2.22. The number of nitrogens with zero attached hydrogens (tertiary/aromatic N) is 1. The summed E-state index contributed by atoms with van der Waals surface area (Å²) in [5.41, 5.74) is 0.0599. The lowest BCUT2D eigenvalue weighted by molar-refractivity contribution is -0.138. The third-order valence-corrected chi connectivity index (χ3v) is 4.44. The van der Waals surface area contributed by atoms with Crippen LogP contribution in [0.5, 0.6) is 11.5 Å². The molecule has 0 aliphatic rings. The zero-order valence-electron chi connectivity index (χ0n) is 16.1. The van der Waals surface area contributed by atoms with Crippen LogP contribution in [0.4, 0.5) is 9.59 Å². The first-order valence-corrected chi connectivity index (χ1v) is 9.31. The van der Waals surface area contributed by atoms with Crippen molar-refractivity contribution < 1.29 is 38.1 Å². The average molecular weight is 431 g/mol. The average Bonchev–Trinajstić information content (AvgIpc) is 3.26. The summed E-state index contributed by atoms with van der Waals surface area (Å²) < 4.78 is 23.8. The van der Waals surface area contributed by atoms with Gasteiger partial charge in [0.05, 0.1) is 20.8 Å². The highest BCUT2D eigenvalue weighted by atomic mass is 32.1. The van der Waals surface area contributed by atoms with Gasteiger partial charge in [0.15, 0.2) is 11.5 Å². The summed E-state index contributed by atoms with van der Waals surface area (Å²) in [6.07, 6.45) is -0.294. The zero-order valence-corrected chi connectivity index (χ0v) is 16.9. The Kier molecular flexibility index (Phi) is 8.40. The highest BCUT2D eigenvalue weighted by molar-refractivity contribution is 7.09. The van der Waals surface area contributed by atoms with Crippen LogP contribution >= 0.6 is 11.3 Å². The van der Waals surface area contributed by atoms with E-state index in [-0.39, 0.29) is 23.7 Å². The van der Waals surface area contributed by atoms with Crippen LogP contribution in [-0.2, 0) is 25.4 Å². The van der Waals surface area contributed by atoms with Gasteiger partial charge in [-0.05, 0) is 35.2 Å². The lowest BCUT2D eigenvalue weighted by atomic mass is 10.1. The monoisotopic (exact) mass is 431 g/mol. The van der Waals surface area contributed by atoms with Gasteiger partial charge in [-0.2, -0.15) is 5.26 Å². The molecule has 156 valence electrons. The van der Waals surface area contributed by atoms with Crippen LogP contribution in [0.25, 0.3) is 6.08 Å². The van der Waals surface area contributed by atoms with Gasteiger partial charge in [-0.25, -0.2) is 14.4 Å². The normalized spacial score (nSPS) is 10.5. The fourth-order valence-electron chi connectivity index (χ4n) is 2.12. The molecule has 1 aromatic heterocycles. The minimum atomic E-state index is -1.06. The van der Waals surface area contributed by atoms with E-state index < -0.39 is 18.3 Å². The first kappa shape index (κ1) is 22.4. The maximum absolute atomic E-state index is 12.2. The van der Waals surface area contributed by atoms with E-state index >= 15 is 0 Å². The van der Waals surface area contributed by atoms with Gasteiger partial charge in [-0.1, -0.05) is 12.1 Å². The van der Waals surface area contributed by atoms with Crippen molar-refractivity contribution in [2.24, 2.45) is 0 Å². The number of rotatable bonds is 7. The summed E-state index contributed by atoms with van der Waals surface area (Å²) in [6.45, 7) is 0.126. The second-order valence-electron chi connectivity index (χ2n) is 5.45. The predicted molar refractivity (Wildman–Crippen MR) is 105 cm³/mol. The summed E-state index contributed by atoms with van der Waals surface area (Å²) in [5.74, 6) is -1.09. The van der Waals surface area contributed by atoms with Crippen molar-refractivity contribution in [2.45, 2.75) is 6.42 Å². The fourth-order valence-corrected chi connectivity index (χ4v) is 2.81. The first-order valence-electron chi connectivity index (χ1n) is 8.43. The maximum Gasteiger partial charge on any atom is 0.513 e. The minimum absolute atomic E-state index is 0.124. The summed E-state index contributed by atoms with van der Waals surface area (Å²) in [6, 6.07) is 9.61. The molecule has 0 aliphatic heterocycles. The van der Waals surface area contributed by atoms with Gasteiger partial charge in [0, 0.05) is 11.3 Å². The molecule has 0 fully saturated rings. The smallest absolute Gasteiger partial charge is 0.461 e. The molecule has 1 aromatic carbocycles. The molecule has 30 heavy (non-hydrogen) atoms. The van der Waals surface area contributed by atoms with Crippen LogP contribution in [0.1, 0.15) is 10.4 Å². The maximum atomic E-state index is 12.2. The molecular weight excluding hydrogens is 414 g/mol. The Morgan fingerprint density at radius 2 is 1.77 bits per heavy atom. The largest absolute Gasteiger partial charge is 0.513 e. The lowest BCUT2D eigenvalue weighted by Gasteiger charge is -2.10. The van der Waals surface area contributed by atoms with Gasteiger partial charge in [0.1, 0.15) is 11.6 Å². The molecule has 0 spiro atoms. The number of benzene rings is 1. The standard InChI is InChI=1S/C20H17NO8S/c1-25-19(23)28-16-6-5-13(11-17(16)29-20(24)26-2)10-14(12-21)18(22)27-8-7-15-4-3-9-30-15/h3-6,9-11H,7-8H2,1-2H3. The van der Waals surface area contributed by atoms with Crippen LogP contribution in [-0.4, -0.2) is 39.1 Å². The second-order valence-corrected chi connectivity index (χ2v) is 6.49. The van der Waals surface area contributed by atoms with Crippen molar-refractivity contribution in [3.8, 4) is 17.6 Å². The van der Waals surface area contributed by atoms with Crippen molar-refractivity contribution in [1.29, 1.82) is 5.26 Å². The Morgan fingerprint density at radius 1 is 1.07 bits per heavy atom. The Bertz CT molecular complexity index is 975. The zero-order chi connectivity index (χ0) is 21.9. The number of hydrogen-bond acceptors (Lipinski definition) is 10. The van der Waals surface area contributed by atoms with E-state index in [0.29, 0.717) is 12.0 Å². The first-order chi connectivity index (χ1) is 14.5. The summed E-state index contributed by atoms with van der Waals surface area (Å²) in [4.78, 5) is 36.0. The Morgan fingerprint density at radius 3 is 2.37 bits per heavy atom. The number of nitriles is 1. The molecule has 2 aromatic rings. The molecule has 2 rings (SSSR count). The van der Waals surface area contributed by atoms with Crippen molar-refractivity contribution in [3.63, 3.8) is 0 Å². The number of carbonyl (C=O) groups is 3. The van der Waals surface area contributed by atoms with Crippen molar-refractivity contribution in [1.82, 2.24) is 0 Å². The van der Waals surface area contributed by atoms with E-state index in [1.807, 2.05) is 17.5 Å². The van der Waals surface area contributed by atoms with Crippen LogP contribution in [0.2, 0.25) is 0 Å². The number of methoxy groups -OCH3 is 2. The molecule has 0 unspecified atom stereocenters. The van der Waals surface area contributed by atoms with Gasteiger partial charge in [-0.3, -0.25) is 0 Å². The molecule has 1 heterocycles. The number of hydrogen-bond donors (Lipinski definition) is 0. The molecule has 0 aliphatic carbocycles. The van der Waals surface area contributed by atoms with Crippen molar-refractivity contribution in [3.05, 3.63) is 51.7 Å². The molecule has 0 amide bonds. The van der Waals surface area contributed by atoms with E-state index in [4.69, 9.17) is 14.2 Å². The lowest BCUT2D eigenvalue weighted by Crippen LogP contribution is -2.12. The molecule has 0 N–H and O–H groups in total. The topological polar surface area (TPSA) is 121 Å².